The summed E-state index contributed by atoms with van der Waals surface area (Å²) in [6.45, 7) is 5.36. The van der Waals surface area contributed by atoms with E-state index in [0.29, 0.717) is 24.1 Å². The molecule has 2 rings (SSSR count). The van der Waals surface area contributed by atoms with Crippen LogP contribution in [-0.4, -0.2) is 17.5 Å². The predicted octanol–water partition coefficient (Wildman–Crippen LogP) is 3.79. The first-order valence-corrected chi connectivity index (χ1v) is 8.72. The second-order valence-electron chi connectivity index (χ2n) is 4.70. The van der Waals surface area contributed by atoms with Crippen molar-refractivity contribution in [2.75, 3.05) is 6.54 Å². The van der Waals surface area contributed by atoms with E-state index >= 15 is 0 Å². The average Bonchev–Trinajstić information content (AvgIpc) is 3.10. The van der Waals surface area contributed by atoms with Crippen LogP contribution in [0, 0.1) is 6.92 Å². The molecule has 0 spiro atoms. The Kier molecular flexibility index (Phi) is 6.00. The minimum absolute atomic E-state index is 0.204. The molecule has 2 N–H and O–H groups in total. The number of aliphatic imine (C=N–C) groups is 1. The third-order valence-corrected chi connectivity index (χ3v) is 4.80. The number of hydrogen-bond acceptors (Lipinski definition) is 4. The molecule has 2 heterocycles. The van der Waals surface area contributed by atoms with E-state index in [2.05, 4.69) is 20.6 Å². The summed E-state index contributed by atoms with van der Waals surface area (Å²) in [5, 5.41) is 9.48. The molecule has 0 aromatic carbocycles. The number of rotatable bonds is 5. The molecule has 0 bridgehead atoms. The first-order chi connectivity index (χ1) is 10.9. The number of hydrogen-bond donors (Lipinski definition) is 2. The zero-order chi connectivity index (χ0) is 16.9. The molecule has 0 saturated heterocycles. The lowest BCUT2D eigenvalue weighted by atomic mass is 10.3. The number of guanidine groups is 1. The van der Waals surface area contributed by atoms with Gasteiger partial charge in [-0.2, -0.15) is 13.2 Å². The quantitative estimate of drug-likeness (QED) is 0.629. The fourth-order valence-corrected chi connectivity index (χ4v) is 3.31. The Hall–Kier alpha value is -1.61. The molecule has 9 heteroatoms. The maximum Gasteiger partial charge on any atom is 0.434 e. The van der Waals surface area contributed by atoms with Crippen molar-refractivity contribution in [2.24, 2.45) is 4.99 Å². The Morgan fingerprint density at radius 3 is 2.65 bits per heavy atom. The minimum Gasteiger partial charge on any atom is -0.357 e. The molecule has 0 unspecified atom stereocenters. The van der Waals surface area contributed by atoms with Crippen LogP contribution in [0.2, 0.25) is 0 Å². The van der Waals surface area contributed by atoms with Crippen LogP contribution in [-0.2, 0) is 19.3 Å². The Bertz CT molecular complexity index is 661. The molecule has 2 aromatic rings. The van der Waals surface area contributed by atoms with E-state index in [0.717, 1.165) is 21.6 Å². The van der Waals surface area contributed by atoms with Crippen molar-refractivity contribution >= 4 is 28.6 Å². The lowest BCUT2D eigenvalue weighted by Gasteiger charge is -2.10. The first-order valence-electron chi connectivity index (χ1n) is 6.97. The van der Waals surface area contributed by atoms with Crippen LogP contribution >= 0.6 is 22.7 Å². The summed E-state index contributed by atoms with van der Waals surface area (Å²) in [5.74, 6) is 0.559. The molecule has 2 aromatic heterocycles. The van der Waals surface area contributed by atoms with E-state index < -0.39 is 11.9 Å². The zero-order valence-electron chi connectivity index (χ0n) is 12.7. The number of nitrogens with zero attached hydrogens (tertiary/aromatic N) is 2. The molecule has 0 radical (unpaired) electrons. The van der Waals surface area contributed by atoms with Crippen molar-refractivity contribution in [1.82, 2.24) is 15.6 Å². The Morgan fingerprint density at radius 1 is 1.30 bits per heavy atom. The summed E-state index contributed by atoms with van der Waals surface area (Å²) in [4.78, 5) is 9.20. The van der Waals surface area contributed by atoms with Crippen molar-refractivity contribution in [3.05, 3.63) is 38.0 Å². The van der Waals surface area contributed by atoms with Gasteiger partial charge in [-0.25, -0.2) is 9.98 Å². The van der Waals surface area contributed by atoms with Gasteiger partial charge in [-0.3, -0.25) is 0 Å². The molecule has 0 aliphatic heterocycles. The SMILES string of the molecule is CCNC(=NCc1sccc1C)NCc1nc(C(F)(F)F)cs1. The lowest BCUT2D eigenvalue weighted by molar-refractivity contribution is -0.140. The number of thiazole rings is 1. The number of aryl methyl sites for hydroxylation is 1. The van der Waals surface area contributed by atoms with E-state index in [-0.39, 0.29) is 6.54 Å². The molecular weight excluding hydrogens is 345 g/mol. The molecule has 0 fully saturated rings. The fraction of sp³-hybridized carbons (Fsp3) is 0.429. The smallest absolute Gasteiger partial charge is 0.357 e. The van der Waals surface area contributed by atoms with E-state index in [9.17, 15) is 13.2 Å². The van der Waals surface area contributed by atoms with E-state index in [1.165, 1.54) is 5.56 Å². The number of nitrogens with one attached hydrogen (secondary N) is 2. The molecule has 0 amide bonds. The van der Waals surface area contributed by atoms with Crippen molar-refractivity contribution < 1.29 is 13.2 Å². The Balaban J connectivity index is 1.96. The minimum atomic E-state index is -4.40. The maximum atomic E-state index is 12.5. The topological polar surface area (TPSA) is 49.3 Å². The highest BCUT2D eigenvalue weighted by atomic mass is 32.1. The van der Waals surface area contributed by atoms with Crippen molar-refractivity contribution in [1.29, 1.82) is 0 Å². The summed E-state index contributed by atoms with van der Waals surface area (Å²) in [6, 6.07) is 2.03. The predicted molar refractivity (Wildman–Crippen MR) is 87.8 cm³/mol. The second kappa shape index (κ2) is 7.78. The molecule has 0 aliphatic rings. The molecule has 126 valence electrons. The summed E-state index contributed by atoms with van der Waals surface area (Å²) < 4.78 is 37.6. The molecule has 4 nitrogen and oxygen atoms in total. The van der Waals surface area contributed by atoms with Gasteiger partial charge < -0.3 is 10.6 Å². The van der Waals surface area contributed by atoms with E-state index in [4.69, 9.17) is 0 Å². The van der Waals surface area contributed by atoms with Gasteiger partial charge in [-0.1, -0.05) is 0 Å². The van der Waals surface area contributed by atoms with Crippen molar-refractivity contribution in [3.8, 4) is 0 Å². The molecule has 0 aliphatic carbocycles. The van der Waals surface area contributed by atoms with E-state index in [1.807, 2.05) is 25.3 Å². The van der Waals surface area contributed by atoms with Crippen molar-refractivity contribution in [2.45, 2.75) is 33.1 Å². The number of aromatic nitrogens is 1. The van der Waals surface area contributed by atoms with Crippen molar-refractivity contribution in [3.63, 3.8) is 0 Å². The first kappa shape index (κ1) is 17.7. The third-order valence-electron chi connectivity index (χ3n) is 2.94. The normalized spacial score (nSPS) is 12.5. The maximum absolute atomic E-state index is 12.5. The molecule has 23 heavy (non-hydrogen) atoms. The van der Waals surface area contributed by atoms with Crippen LogP contribution in [0.3, 0.4) is 0 Å². The molecule has 0 saturated carbocycles. The van der Waals surface area contributed by atoms with Gasteiger partial charge in [-0.05, 0) is 30.9 Å². The van der Waals surface area contributed by atoms with Gasteiger partial charge in [0.25, 0.3) is 0 Å². The van der Waals surface area contributed by atoms with Crippen LogP contribution in [0.25, 0.3) is 0 Å². The van der Waals surface area contributed by atoms with Gasteiger partial charge in [0.05, 0.1) is 13.1 Å². The summed E-state index contributed by atoms with van der Waals surface area (Å²) in [7, 11) is 0. The highest BCUT2D eigenvalue weighted by Crippen LogP contribution is 2.29. The van der Waals surface area contributed by atoms with E-state index in [1.54, 1.807) is 11.3 Å². The van der Waals surface area contributed by atoms with Gasteiger partial charge in [0.2, 0.25) is 0 Å². The van der Waals surface area contributed by atoms with Crippen LogP contribution < -0.4 is 10.6 Å². The van der Waals surface area contributed by atoms with Crippen LogP contribution in [0.4, 0.5) is 13.2 Å². The Morgan fingerprint density at radius 2 is 2.09 bits per heavy atom. The highest BCUT2D eigenvalue weighted by molar-refractivity contribution is 7.10. The standard InChI is InChI=1S/C14H17F3N4S2/c1-3-18-13(19-6-10-9(2)4-5-22-10)20-7-12-21-11(8-23-12)14(15,16)17/h4-5,8H,3,6-7H2,1-2H3,(H2,18,19,20). The number of halogens is 3. The molecule has 0 atom stereocenters. The molecular formula is C14H17F3N4S2. The van der Waals surface area contributed by atoms with Crippen LogP contribution in [0.5, 0.6) is 0 Å². The summed E-state index contributed by atoms with van der Waals surface area (Å²) >= 11 is 2.61. The van der Waals surface area contributed by atoms with Gasteiger partial charge in [0.15, 0.2) is 11.7 Å². The second-order valence-corrected chi connectivity index (χ2v) is 6.64. The average molecular weight is 362 g/mol. The number of thiophene rings is 1. The third kappa shape index (κ3) is 5.21. The summed E-state index contributed by atoms with van der Waals surface area (Å²) in [6.07, 6.45) is -4.40. The van der Waals surface area contributed by atoms with Gasteiger partial charge in [0.1, 0.15) is 5.01 Å². The largest absolute Gasteiger partial charge is 0.434 e. The van der Waals surface area contributed by atoms with Gasteiger partial charge in [-0.15, -0.1) is 22.7 Å². The fourth-order valence-electron chi connectivity index (χ4n) is 1.74. The lowest BCUT2D eigenvalue weighted by Crippen LogP contribution is -2.36. The van der Waals surface area contributed by atoms with Gasteiger partial charge in [0, 0.05) is 16.8 Å². The zero-order valence-corrected chi connectivity index (χ0v) is 14.3. The Labute approximate surface area is 140 Å². The number of alkyl halides is 3. The van der Waals surface area contributed by atoms with Gasteiger partial charge >= 0.3 is 6.18 Å². The summed E-state index contributed by atoms with van der Waals surface area (Å²) in [5.41, 5.74) is 0.333. The monoisotopic (exact) mass is 362 g/mol. The van der Waals surface area contributed by atoms with Crippen LogP contribution in [0.15, 0.2) is 21.8 Å². The van der Waals surface area contributed by atoms with Crippen LogP contribution in [0.1, 0.15) is 28.1 Å². The highest BCUT2D eigenvalue weighted by Gasteiger charge is 2.33.